The first-order valence-corrected chi connectivity index (χ1v) is 6.93. The fraction of sp³-hybridized carbons (Fsp3) is 0.562. The first kappa shape index (κ1) is 12.5. The molecule has 0 amide bonds. The Morgan fingerprint density at radius 1 is 1.37 bits per heavy atom. The van der Waals surface area contributed by atoms with Gasteiger partial charge in [0.1, 0.15) is 5.75 Å². The third-order valence-corrected chi connectivity index (χ3v) is 5.02. The van der Waals surface area contributed by atoms with E-state index in [1.807, 2.05) is 24.3 Å². The largest absolute Gasteiger partial charge is 0.497 e. The van der Waals surface area contributed by atoms with Crippen LogP contribution in [0.5, 0.6) is 5.75 Å². The van der Waals surface area contributed by atoms with Crippen LogP contribution in [0.2, 0.25) is 0 Å². The lowest BCUT2D eigenvalue weighted by molar-refractivity contribution is 0.0233. The van der Waals surface area contributed by atoms with Gasteiger partial charge in [-0.3, -0.25) is 0 Å². The normalized spacial score (nSPS) is 33.9. The summed E-state index contributed by atoms with van der Waals surface area (Å²) in [6.45, 7) is 0. The van der Waals surface area contributed by atoms with Gasteiger partial charge in [-0.1, -0.05) is 18.6 Å². The topological polar surface area (TPSA) is 53.2 Å². The van der Waals surface area contributed by atoms with Gasteiger partial charge in [0.25, 0.3) is 0 Å². The molecule has 0 aromatic heterocycles. The van der Waals surface area contributed by atoms with E-state index >= 15 is 0 Å². The molecule has 3 heteroatoms. The van der Waals surface area contributed by atoms with Crippen molar-refractivity contribution in [2.75, 3.05) is 7.11 Å². The van der Waals surface area contributed by atoms with Crippen molar-refractivity contribution in [2.45, 2.75) is 31.8 Å². The number of aliphatic hydroxyl groups excluding tert-OH is 1. The lowest BCUT2D eigenvalue weighted by Crippen LogP contribution is -2.33. The number of fused-ring (bicyclic) bond motifs is 2. The average molecular weight is 257 g/mol. The fourth-order valence-corrected chi connectivity index (χ4v) is 3.99. The minimum atomic E-state index is -0.682. The van der Waals surface area contributed by atoms with Crippen LogP contribution >= 0.6 is 0 Å². The zero-order valence-electron chi connectivity index (χ0n) is 11.2. The van der Waals surface area contributed by atoms with E-state index in [2.05, 4.69) is 6.07 Å². The third-order valence-electron chi connectivity index (χ3n) is 5.02. The van der Waals surface area contributed by atoms with Crippen molar-refractivity contribution in [3.8, 4) is 11.8 Å². The monoisotopic (exact) mass is 257 g/mol. The van der Waals surface area contributed by atoms with Crippen molar-refractivity contribution in [3.05, 3.63) is 29.8 Å². The van der Waals surface area contributed by atoms with E-state index in [4.69, 9.17) is 4.74 Å². The molecule has 4 atom stereocenters. The summed E-state index contributed by atoms with van der Waals surface area (Å²) in [4.78, 5) is 0. The Kier molecular flexibility index (Phi) is 2.99. The molecule has 0 spiro atoms. The van der Waals surface area contributed by atoms with Crippen molar-refractivity contribution in [1.82, 2.24) is 0 Å². The Hall–Kier alpha value is -1.53. The van der Waals surface area contributed by atoms with Gasteiger partial charge in [-0.15, -0.1) is 0 Å². The van der Waals surface area contributed by atoms with Gasteiger partial charge < -0.3 is 9.84 Å². The minimum absolute atomic E-state index is 0.361. The molecule has 2 aliphatic rings. The summed E-state index contributed by atoms with van der Waals surface area (Å²) in [6, 6.07) is 9.88. The highest BCUT2D eigenvalue weighted by molar-refractivity contribution is 5.32. The summed E-state index contributed by atoms with van der Waals surface area (Å²) in [5.74, 6) is 1.77. The van der Waals surface area contributed by atoms with Crippen LogP contribution in [0.15, 0.2) is 24.3 Å². The number of aliphatic hydroxyl groups is 1. The molecule has 3 nitrogen and oxygen atoms in total. The summed E-state index contributed by atoms with van der Waals surface area (Å²) >= 11 is 0. The van der Waals surface area contributed by atoms with Crippen molar-refractivity contribution >= 4 is 0 Å². The molecule has 2 saturated carbocycles. The van der Waals surface area contributed by atoms with Crippen LogP contribution < -0.4 is 4.74 Å². The Bertz CT molecular complexity index is 504. The molecule has 100 valence electrons. The smallest absolute Gasteiger partial charge is 0.118 e. The van der Waals surface area contributed by atoms with Crippen LogP contribution in [0, 0.1) is 28.6 Å². The maximum atomic E-state index is 10.7. The highest BCUT2D eigenvalue weighted by Gasteiger charge is 2.55. The van der Waals surface area contributed by atoms with Gasteiger partial charge >= 0.3 is 0 Å². The summed E-state index contributed by atoms with van der Waals surface area (Å²) in [5.41, 5.74) is 0.257. The van der Waals surface area contributed by atoms with Gasteiger partial charge in [0.2, 0.25) is 0 Å². The quantitative estimate of drug-likeness (QED) is 0.905. The summed E-state index contributed by atoms with van der Waals surface area (Å²) in [6.07, 6.45) is 3.59. The van der Waals surface area contributed by atoms with E-state index < -0.39 is 11.5 Å². The molecule has 2 aliphatic carbocycles. The molecule has 1 N–H and O–H groups in total. The van der Waals surface area contributed by atoms with Gasteiger partial charge in [0, 0.05) is 0 Å². The molecule has 1 aromatic carbocycles. The minimum Gasteiger partial charge on any atom is -0.497 e. The fourth-order valence-electron chi connectivity index (χ4n) is 3.99. The molecule has 0 aliphatic heterocycles. The van der Waals surface area contributed by atoms with E-state index in [0.29, 0.717) is 11.8 Å². The van der Waals surface area contributed by atoms with Crippen molar-refractivity contribution in [3.63, 3.8) is 0 Å². The molecule has 1 aromatic rings. The number of hydrogen-bond donors (Lipinski definition) is 1. The van der Waals surface area contributed by atoms with Crippen LogP contribution in [0.1, 0.15) is 37.4 Å². The molecule has 2 bridgehead atoms. The van der Waals surface area contributed by atoms with Gasteiger partial charge in [0.05, 0.1) is 24.7 Å². The van der Waals surface area contributed by atoms with Gasteiger partial charge in [-0.05, 0) is 48.8 Å². The maximum Gasteiger partial charge on any atom is 0.118 e. The third kappa shape index (κ3) is 1.82. The summed E-state index contributed by atoms with van der Waals surface area (Å²) in [7, 11) is 1.62. The molecule has 4 unspecified atom stereocenters. The van der Waals surface area contributed by atoms with E-state index in [-0.39, 0.29) is 0 Å². The van der Waals surface area contributed by atoms with Gasteiger partial charge in [-0.25, -0.2) is 0 Å². The lowest BCUT2D eigenvalue weighted by Gasteiger charge is -2.35. The van der Waals surface area contributed by atoms with Crippen LogP contribution in [0.3, 0.4) is 0 Å². The Balaban J connectivity index is 1.89. The SMILES string of the molecule is COc1ccc(C(O)C2(C#N)CC3CCC2C3)cc1. The molecule has 0 radical (unpaired) electrons. The lowest BCUT2D eigenvalue weighted by atomic mass is 9.68. The number of benzene rings is 1. The number of ether oxygens (including phenoxy) is 1. The Labute approximate surface area is 113 Å². The van der Waals surface area contributed by atoms with Crippen LogP contribution in [-0.2, 0) is 0 Å². The molecule has 2 fully saturated rings. The predicted octanol–water partition coefficient (Wildman–Crippen LogP) is 3.06. The predicted molar refractivity (Wildman–Crippen MR) is 71.4 cm³/mol. The standard InChI is InChI=1S/C16H19NO2/c1-19-14-6-3-12(4-7-14)15(18)16(10-17)9-11-2-5-13(16)8-11/h3-4,6-7,11,13,15,18H,2,5,8-9H2,1H3. The highest BCUT2D eigenvalue weighted by atomic mass is 16.5. The second-order valence-corrected chi connectivity index (χ2v) is 5.91. The van der Waals surface area contributed by atoms with Crippen molar-refractivity contribution in [1.29, 1.82) is 5.26 Å². The molecular formula is C16H19NO2. The van der Waals surface area contributed by atoms with Gasteiger partial charge in [0.15, 0.2) is 0 Å². The van der Waals surface area contributed by atoms with E-state index in [0.717, 1.165) is 30.6 Å². The number of rotatable bonds is 3. The van der Waals surface area contributed by atoms with Crippen LogP contribution in [0.4, 0.5) is 0 Å². The summed E-state index contributed by atoms with van der Waals surface area (Å²) < 4.78 is 5.13. The molecular weight excluding hydrogens is 238 g/mol. The molecule has 19 heavy (non-hydrogen) atoms. The van der Waals surface area contributed by atoms with Crippen molar-refractivity contribution < 1.29 is 9.84 Å². The average Bonchev–Trinajstić information content (AvgIpc) is 3.07. The maximum absolute atomic E-state index is 10.7. The Morgan fingerprint density at radius 3 is 2.58 bits per heavy atom. The second-order valence-electron chi connectivity index (χ2n) is 5.91. The highest BCUT2D eigenvalue weighted by Crippen LogP contribution is 2.60. The molecule has 3 rings (SSSR count). The second kappa shape index (κ2) is 4.54. The van der Waals surface area contributed by atoms with E-state index in [1.165, 1.54) is 6.42 Å². The van der Waals surface area contributed by atoms with Crippen LogP contribution in [0.25, 0.3) is 0 Å². The number of hydrogen-bond acceptors (Lipinski definition) is 3. The first-order chi connectivity index (χ1) is 9.19. The van der Waals surface area contributed by atoms with Crippen molar-refractivity contribution in [2.24, 2.45) is 17.3 Å². The zero-order valence-corrected chi connectivity index (χ0v) is 11.2. The molecule has 0 heterocycles. The number of nitrogens with zero attached hydrogens (tertiary/aromatic N) is 1. The van der Waals surface area contributed by atoms with E-state index in [9.17, 15) is 10.4 Å². The van der Waals surface area contributed by atoms with E-state index in [1.54, 1.807) is 7.11 Å². The first-order valence-electron chi connectivity index (χ1n) is 6.93. The number of methoxy groups -OCH3 is 1. The summed E-state index contributed by atoms with van der Waals surface area (Å²) in [5, 5.41) is 20.3. The molecule has 0 saturated heterocycles. The van der Waals surface area contributed by atoms with Gasteiger partial charge in [-0.2, -0.15) is 5.26 Å². The Morgan fingerprint density at radius 2 is 2.11 bits per heavy atom. The zero-order chi connectivity index (χ0) is 13.5. The van der Waals surface area contributed by atoms with Crippen LogP contribution in [-0.4, -0.2) is 12.2 Å². The number of nitriles is 1.